The van der Waals surface area contributed by atoms with Crippen molar-refractivity contribution in [3.8, 4) is 11.1 Å². The van der Waals surface area contributed by atoms with Crippen LogP contribution < -0.4 is 5.30 Å². The average Bonchev–Trinajstić information content (AvgIpc) is 3.02. The van der Waals surface area contributed by atoms with Crippen LogP contribution in [-0.2, 0) is 4.57 Å². The zero-order valence-electron chi connectivity index (χ0n) is 25.7. The predicted octanol–water partition coefficient (Wildman–Crippen LogP) is 11.5. The van der Waals surface area contributed by atoms with E-state index in [0.717, 1.165) is 0 Å². The van der Waals surface area contributed by atoms with Gasteiger partial charge in [0.2, 0.25) is 0 Å². The molecule has 0 heterocycles. The summed E-state index contributed by atoms with van der Waals surface area (Å²) in [6, 6.07) is 16.0. The molecule has 1 nitrogen and oxygen atoms in total. The minimum absolute atomic E-state index is 0.00825. The van der Waals surface area contributed by atoms with Gasteiger partial charge in [-0.15, -0.1) is 0 Å². The molecule has 2 aromatic rings. The van der Waals surface area contributed by atoms with Gasteiger partial charge in [0.15, 0.2) is 0 Å². The van der Waals surface area contributed by atoms with Crippen LogP contribution in [0.1, 0.15) is 140 Å². The first-order valence-electron chi connectivity index (χ1n) is 17.3. The fourth-order valence-electron chi connectivity index (χ4n) is 10.6. The van der Waals surface area contributed by atoms with Crippen molar-refractivity contribution in [2.24, 2.45) is 11.8 Å². The van der Waals surface area contributed by atoms with Crippen molar-refractivity contribution in [3.63, 3.8) is 0 Å². The zero-order valence-corrected chi connectivity index (χ0v) is 26.6. The standard InChI is InChI=1S/C38H55OP/c1-30-18-11-12-24-34(30)36-31(2)19-17-25-35(36)40(39,37(26-13-5-14-27-37)32-20-7-3-8-21-32)38(28-15-6-16-29-38)33-22-9-4-10-23-33/h11-12,17-19,24-25,32-33H,3-10,13-16,20-23,26-29H2,1-2H3. The van der Waals surface area contributed by atoms with Crippen LogP contribution in [0.2, 0.25) is 0 Å². The minimum Gasteiger partial charge on any atom is -0.317 e. The average molecular weight is 559 g/mol. The molecule has 40 heavy (non-hydrogen) atoms. The summed E-state index contributed by atoms with van der Waals surface area (Å²) in [5, 5.41) is 1.30. The lowest BCUT2D eigenvalue weighted by Crippen LogP contribution is -2.54. The fourth-order valence-corrected chi connectivity index (χ4v) is 16.8. The van der Waals surface area contributed by atoms with E-state index in [1.165, 1.54) is 156 Å². The summed E-state index contributed by atoms with van der Waals surface area (Å²) < 4.78 is 17.6. The Morgan fingerprint density at radius 2 is 1.00 bits per heavy atom. The maximum atomic E-state index is 17.6. The van der Waals surface area contributed by atoms with Crippen molar-refractivity contribution in [1.82, 2.24) is 0 Å². The molecule has 0 unspecified atom stereocenters. The van der Waals surface area contributed by atoms with Crippen LogP contribution in [0.4, 0.5) is 0 Å². The Bertz CT molecular complexity index is 1140. The largest absolute Gasteiger partial charge is 0.317 e. The van der Waals surface area contributed by atoms with Crippen molar-refractivity contribution in [2.45, 2.75) is 153 Å². The highest BCUT2D eigenvalue weighted by atomic mass is 31.2. The molecule has 0 atom stereocenters. The molecule has 0 saturated heterocycles. The molecule has 6 rings (SSSR count). The second kappa shape index (κ2) is 12.1. The molecule has 0 spiro atoms. The maximum absolute atomic E-state index is 17.6. The third-order valence-electron chi connectivity index (χ3n) is 12.4. The fraction of sp³-hybridized carbons (Fsp3) is 0.684. The lowest BCUT2D eigenvalue weighted by molar-refractivity contribution is 0.181. The van der Waals surface area contributed by atoms with Gasteiger partial charge in [0, 0.05) is 15.6 Å². The molecule has 4 fully saturated rings. The molecule has 4 aliphatic carbocycles. The first-order valence-corrected chi connectivity index (χ1v) is 19.0. The van der Waals surface area contributed by atoms with E-state index in [0.29, 0.717) is 11.8 Å². The topological polar surface area (TPSA) is 17.1 Å². The summed E-state index contributed by atoms with van der Waals surface area (Å²) in [5.41, 5.74) is 5.34. The van der Waals surface area contributed by atoms with Crippen LogP contribution in [0.5, 0.6) is 0 Å². The lowest BCUT2D eigenvalue weighted by Gasteiger charge is -2.60. The van der Waals surface area contributed by atoms with Gasteiger partial charge >= 0.3 is 0 Å². The minimum atomic E-state index is -2.87. The first kappa shape index (κ1) is 28.8. The molecule has 0 aromatic heterocycles. The van der Waals surface area contributed by atoms with Gasteiger partial charge < -0.3 is 4.57 Å². The Morgan fingerprint density at radius 3 is 1.50 bits per heavy atom. The van der Waals surface area contributed by atoms with E-state index in [1.54, 1.807) is 0 Å². The van der Waals surface area contributed by atoms with Gasteiger partial charge in [-0.25, -0.2) is 0 Å². The van der Waals surface area contributed by atoms with Gasteiger partial charge in [0.05, 0.1) is 0 Å². The molecule has 4 saturated carbocycles. The summed E-state index contributed by atoms with van der Waals surface area (Å²) in [7, 11) is -2.87. The van der Waals surface area contributed by atoms with Crippen molar-refractivity contribution >= 4 is 12.4 Å². The van der Waals surface area contributed by atoms with Gasteiger partial charge in [-0.3, -0.25) is 0 Å². The Balaban J connectivity index is 1.68. The molecule has 218 valence electrons. The molecule has 0 radical (unpaired) electrons. The molecule has 0 amide bonds. The van der Waals surface area contributed by atoms with Crippen molar-refractivity contribution < 1.29 is 4.57 Å². The monoisotopic (exact) mass is 558 g/mol. The highest BCUT2D eigenvalue weighted by molar-refractivity contribution is 7.75. The summed E-state index contributed by atoms with van der Waals surface area (Å²) in [6.45, 7) is 4.57. The van der Waals surface area contributed by atoms with Gasteiger partial charge in [-0.05, 0) is 99.3 Å². The smallest absolute Gasteiger partial charge is 0.128 e. The van der Waals surface area contributed by atoms with Crippen molar-refractivity contribution in [3.05, 3.63) is 53.6 Å². The van der Waals surface area contributed by atoms with Crippen LogP contribution in [0, 0.1) is 25.7 Å². The number of benzene rings is 2. The maximum Gasteiger partial charge on any atom is 0.128 e. The summed E-state index contributed by atoms with van der Waals surface area (Å²) in [5.74, 6) is 1.28. The van der Waals surface area contributed by atoms with Crippen molar-refractivity contribution in [2.75, 3.05) is 0 Å². The van der Waals surface area contributed by atoms with Crippen LogP contribution in [-0.4, -0.2) is 10.3 Å². The van der Waals surface area contributed by atoms with E-state index in [9.17, 15) is 0 Å². The number of hydrogen-bond acceptors (Lipinski definition) is 1. The molecule has 2 aromatic carbocycles. The number of aryl methyl sites for hydroxylation is 2. The SMILES string of the molecule is Cc1ccccc1-c1c(C)cccc1P(=O)(C1(C2CCCCC2)CCCCC1)C1(C2CCCCC2)CCCCC1. The molecular formula is C38H55OP. The lowest BCUT2D eigenvalue weighted by atomic mass is 9.71. The van der Waals surface area contributed by atoms with Crippen LogP contribution in [0.25, 0.3) is 11.1 Å². The van der Waals surface area contributed by atoms with Gasteiger partial charge in [-0.2, -0.15) is 0 Å². The predicted molar refractivity (Wildman–Crippen MR) is 173 cm³/mol. The second-order valence-corrected chi connectivity index (χ2v) is 17.9. The Hall–Kier alpha value is -1.33. The van der Waals surface area contributed by atoms with E-state index in [-0.39, 0.29) is 10.3 Å². The number of rotatable bonds is 6. The third-order valence-corrected chi connectivity index (χ3v) is 17.6. The number of hydrogen-bond donors (Lipinski definition) is 0. The highest BCUT2D eigenvalue weighted by Crippen LogP contribution is 2.79. The van der Waals surface area contributed by atoms with Crippen LogP contribution in [0.3, 0.4) is 0 Å². The summed E-state index contributed by atoms with van der Waals surface area (Å²) >= 11 is 0. The first-order chi connectivity index (χ1) is 19.5. The molecule has 4 aliphatic rings. The highest BCUT2D eigenvalue weighted by Gasteiger charge is 2.65. The van der Waals surface area contributed by atoms with Crippen LogP contribution in [0.15, 0.2) is 42.5 Å². The third kappa shape index (κ3) is 4.70. The second-order valence-electron chi connectivity index (χ2n) is 14.4. The quantitative estimate of drug-likeness (QED) is 0.322. The van der Waals surface area contributed by atoms with Gasteiger partial charge in [-0.1, -0.05) is 120 Å². The molecule has 2 heteroatoms. The Labute approximate surface area is 245 Å². The van der Waals surface area contributed by atoms with E-state index < -0.39 is 7.14 Å². The normalized spacial score (nSPS) is 24.6. The summed E-state index contributed by atoms with van der Waals surface area (Å²) in [4.78, 5) is 0. The van der Waals surface area contributed by atoms with Crippen LogP contribution >= 0.6 is 7.14 Å². The van der Waals surface area contributed by atoms with E-state index in [1.807, 2.05) is 0 Å². The van der Waals surface area contributed by atoms with Gasteiger partial charge in [0.25, 0.3) is 0 Å². The Kier molecular flexibility index (Phi) is 8.71. The van der Waals surface area contributed by atoms with Gasteiger partial charge in [0.1, 0.15) is 7.14 Å². The molecule has 0 bridgehead atoms. The zero-order chi connectivity index (χ0) is 27.6. The van der Waals surface area contributed by atoms with E-state index in [2.05, 4.69) is 56.3 Å². The van der Waals surface area contributed by atoms with Crippen molar-refractivity contribution in [1.29, 1.82) is 0 Å². The summed E-state index contributed by atoms with van der Waals surface area (Å²) in [6.07, 6.45) is 26.1. The molecule has 0 aliphatic heterocycles. The molecule has 0 N–H and O–H groups in total. The van der Waals surface area contributed by atoms with E-state index >= 15 is 4.57 Å². The Morgan fingerprint density at radius 1 is 0.550 bits per heavy atom. The van der Waals surface area contributed by atoms with E-state index in [4.69, 9.17) is 0 Å². The molecular weight excluding hydrogens is 503 g/mol.